The topological polar surface area (TPSA) is 53.4 Å². The van der Waals surface area contributed by atoms with Crippen LogP contribution in [0.3, 0.4) is 0 Å². The number of benzene rings is 2. The third kappa shape index (κ3) is 3.28. The first-order chi connectivity index (χ1) is 15.0. The first-order valence-corrected chi connectivity index (χ1v) is 10.9. The van der Waals surface area contributed by atoms with Crippen molar-refractivity contribution < 1.29 is 18.1 Å². The van der Waals surface area contributed by atoms with Crippen molar-refractivity contribution in [3.63, 3.8) is 0 Å². The molecule has 2 heterocycles. The van der Waals surface area contributed by atoms with Gasteiger partial charge >= 0.3 is 7.12 Å². The predicted octanol–water partition coefficient (Wildman–Crippen LogP) is 4.15. The maximum atomic E-state index is 14.9. The van der Waals surface area contributed by atoms with Crippen molar-refractivity contribution in [3.8, 4) is 5.69 Å². The summed E-state index contributed by atoms with van der Waals surface area (Å²) in [6.07, 6.45) is 3.52. The van der Waals surface area contributed by atoms with E-state index in [0.29, 0.717) is 22.3 Å². The zero-order valence-electron chi connectivity index (χ0n) is 18.8. The lowest BCUT2D eigenvalue weighted by Crippen LogP contribution is -2.41. The second-order valence-electron chi connectivity index (χ2n) is 9.83. The van der Waals surface area contributed by atoms with Gasteiger partial charge in [-0.2, -0.15) is 9.78 Å². The van der Waals surface area contributed by atoms with Crippen molar-refractivity contribution in [2.75, 3.05) is 0 Å². The molecule has 1 saturated carbocycles. The lowest BCUT2D eigenvalue weighted by Gasteiger charge is -2.32. The fraction of sp³-hybridized carbons (Fsp3) is 0.417. The van der Waals surface area contributed by atoms with Gasteiger partial charge in [0.05, 0.1) is 28.5 Å². The smallest absolute Gasteiger partial charge is 0.399 e. The van der Waals surface area contributed by atoms with E-state index in [4.69, 9.17) is 9.31 Å². The molecule has 0 unspecified atom stereocenters. The summed E-state index contributed by atoms with van der Waals surface area (Å²) < 4.78 is 42.8. The van der Waals surface area contributed by atoms with Gasteiger partial charge in [0.1, 0.15) is 11.6 Å². The van der Waals surface area contributed by atoms with E-state index < -0.39 is 35.5 Å². The van der Waals surface area contributed by atoms with E-state index in [1.54, 1.807) is 6.92 Å². The molecule has 8 heteroatoms. The Morgan fingerprint density at radius 2 is 1.72 bits per heavy atom. The van der Waals surface area contributed by atoms with Crippen LogP contribution in [0.15, 0.2) is 35.3 Å². The molecule has 0 radical (unpaired) electrons. The van der Waals surface area contributed by atoms with Gasteiger partial charge in [0, 0.05) is 5.39 Å². The zero-order chi connectivity index (χ0) is 23.0. The molecule has 0 spiro atoms. The van der Waals surface area contributed by atoms with Crippen LogP contribution in [0.5, 0.6) is 0 Å². The fourth-order valence-corrected chi connectivity index (χ4v) is 4.20. The van der Waals surface area contributed by atoms with Gasteiger partial charge in [-0.05, 0) is 94.2 Å². The second kappa shape index (κ2) is 6.96. The molecule has 0 atom stereocenters. The van der Waals surface area contributed by atoms with E-state index in [1.165, 1.54) is 24.4 Å². The number of hydrogen-bond donors (Lipinski definition) is 0. The molecule has 2 aliphatic rings. The van der Waals surface area contributed by atoms with Crippen LogP contribution in [0.1, 0.15) is 57.6 Å². The lowest BCUT2D eigenvalue weighted by molar-refractivity contribution is 0.00578. The summed E-state index contributed by atoms with van der Waals surface area (Å²) in [4.78, 5) is 13.2. The van der Waals surface area contributed by atoms with E-state index in [1.807, 2.05) is 33.8 Å². The maximum Gasteiger partial charge on any atom is 0.495 e. The Balaban J connectivity index is 1.64. The monoisotopic (exact) mass is 438 g/mol. The molecule has 5 nitrogen and oxygen atoms in total. The van der Waals surface area contributed by atoms with Gasteiger partial charge in [-0.3, -0.25) is 4.79 Å². The third-order valence-corrected chi connectivity index (χ3v) is 7.03. The maximum absolute atomic E-state index is 14.9. The van der Waals surface area contributed by atoms with Crippen LogP contribution < -0.4 is 11.0 Å². The van der Waals surface area contributed by atoms with Crippen molar-refractivity contribution in [3.05, 3.63) is 63.6 Å². The molecule has 0 amide bonds. The van der Waals surface area contributed by atoms with E-state index in [-0.39, 0.29) is 11.1 Å². The highest BCUT2D eigenvalue weighted by molar-refractivity contribution is 6.62. The van der Waals surface area contributed by atoms with Gasteiger partial charge in [-0.1, -0.05) is 0 Å². The van der Waals surface area contributed by atoms with Crippen LogP contribution in [0, 0.1) is 18.6 Å². The minimum atomic E-state index is -0.802. The van der Waals surface area contributed by atoms with Gasteiger partial charge in [-0.25, -0.2) is 8.78 Å². The van der Waals surface area contributed by atoms with Crippen molar-refractivity contribution in [2.24, 2.45) is 0 Å². The second-order valence-corrected chi connectivity index (χ2v) is 9.83. The minimum absolute atomic E-state index is 0.0507. The van der Waals surface area contributed by atoms with Crippen molar-refractivity contribution in [1.29, 1.82) is 0 Å². The van der Waals surface area contributed by atoms with Crippen molar-refractivity contribution >= 4 is 23.4 Å². The minimum Gasteiger partial charge on any atom is -0.399 e. The summed E-state index contributed by atoms with van der Waals surface area (Å²) in [5.74, 6) is -0.788. The van der Waals surface area contributed by atoms with Gasteiger partial charge in [0.15, 0.2) is 0 Å². The van der Waals surface area contributed by atoms with E-state index >= 15 is 0 Å². The number of hydrogen-bond acceptors (Lipinski definition) is 4. The average Bonchev–Trinajstić information content (AvgIpc) is 3.51. The molecule has 1 aromatic heterocycles. The summed E-state index contributed by atoms with van der Waals surface area (Å²) in [5, 5.41) is 4.66. The molecule has 1 aliphatic heterocycles. The molecule has 32 heavy (non-hydrogen) atoms. The lowest BCUT2D eigenvalue weighted by atomic mass is 9.75. The van der Waals surface area contributed by atoms with Crippen LogP contribution in [-0.2, 0) is 9.31 Å². The summed E-state index contributed by atoms with van der Waals surface area (Å²) >= 11 is 0. The van der Waals surface area contributed by atoms with Gasteiger partial charge in [0.2, 0.25) is 0 Å². The Morgan fingerprint density at radius 3 is 2.34 bits per heavy atom. The summed E-state index contributed by atoms with van der Waals surface area (Å²) in [7, 11) is -0.802. The van der Waals surface area contributed by atoms with E-state index in [2.05, 4.69) is 5.10 Å². The molecule has 0 bridgehead atoms. The quantitative estimate of drug-likeness (QED) is 0.577. The molecule has 1 saturated heterocycles. The first kappa shape index (κ1) is 21.3. The molecule has 2 aromatic carbocycles. The summed E-state index contributed by atoms with van der Waals surface area (Å²) in [6.45, 7) is 9.40. The average molecular weight is 438 g/mol. The number of aromatic nitrogens is 2. The summed E-state index contributed by atoms with van der Waals surface area (Å²) in [5.41, 5.74) is 0.335. The predicted molar refractivity (Wildman–Crippen MR) is 120 cm³/mol. The van der Waals surface area contributed by atoms with Gasteiger partial charge < -0.3 is 9.31 Å². The van der Waals surface area contributed by atoms with Crippen molar-refractivity contribution in [1.82, 2.24) is 9.78 Å². The highest BCUT2D eigenvalue weighted by atomic mass is 19.1. The standard InChI is InChI=1S/C24H25BF2N2O3/c1-13-18(25-31-23(2,3)24(4,5)32-25)10-17(26)11-20(13)29-22(30)21-16(12-28-29)8-15(9-19(21)27)14-6-7-14/h8-12,14H,6-7H2,1-5H3. The highest BCUT2D eigenvalue weighted by Crippen LogP contribution is 2.41. The molecule has 2 fully saturated rings. The molecule has 5 rings (SSSR count). The zero-order valence-corrected chi connectivity index (χ0v) is 18.8. The molecule has 0 N–H and O–H groups in total. The number of nitrogens with zero attached hydrogens (tertiary/aromatic N) is 2. The molecule has 1 aliphatic carbocycles. The van der Waals surface area contributed by atoms with E-state index in [0.717, 1.165) is 23.1 Å². The SMILES string of the molecule is Cc1c(B2OC(C)(C)C(C)(C)O2)cc(F)cc1-n1ncc2cc(C3CC3)cc(F)c2c1=O. The fourth-order valence-electron chi connectivity index (χ4n) is 4.20. The molecular formula is C24H25BF2N2O3. The largest absolute Gasteiger partial charge is 0.495 e. The molecule has 3 aromatic rings. The number of halogens is 2. The van der Waals surface area contributed by atoms with E-state index in [9.17, 15) is 13.6 Å². The van der Waals surface area contributed by atoms with Gasteiger partial charge in [0.25, 0.3) is 5.56 Å². The molecule has 166 valence electrons. The Hall–Kier alpha value is -2.58. The highest BCUT2D eigenvalue weighted by Gasteiger charge is 2.52. The van der Waals surface area contributed by atoms with Gasteiger partial charge in [-0.15, -0.1) is 0 Å². The third-order valence-electron chi connectivity index (χ3n) is 7.03. The van der Waals surface area contributed by atoms with Crippen LogP contribution in [0.2, 0.25) is 0 Å². The van der Waals surface area contributed by atoms with Crippen LogP contribution >= 0.6 is 0 Å². The van der Waals surface area contributed by atoms with Crippen LogP contribution in [0.4, 0.5) is 8.78 Å². The van der Waals surface area contributed by atoms with Crippen LogP contribution in [0.25, 0.3) is 16.5 Å². The first-order valence-electron chi connectivity index (χ1n) is 10.9. The normalized spacial score (nSPS) is 19.7. The molecular weight excluding hydrogens is 413 g/mol. The number of rotatable bonds is 3. The Morgan fingerprint density at radius 1 is 1.06 bits per heavy atom. The Kier molecular flexibility index (Phi) is 4.63. The van der Waals surface area contributed by atoms with Crippen molar-refractivity contribution in [2.45, 2.75) is 64.6 Å². The number of fused-ring (bicyclic) bond motifs is 1. The Labute approximate surface area is 185 Å². The van der Waals surface area contributed by atoms with Crippen LogP contribution in [-0.4, -0.2) is 28.1 Å². The summed E-state index contributed by atoms with van der Waals surface area (Å²) in [6, 6.07) is 5.82. The Bertz CT molecular complexity index is 1300.